The molecule has 0 radical (unpaired) electrons. The highest BCUT2D eigenvalue weighted by Gasteiger charge is 2.31. The fraction of sp³-hybridized carbons (Fsp3) is 0.579. The minimum absolute atomic E-state index is 0.0196. The summed E-state index contributed by atoms with van der Waals surface area (Å²) in [5.74, 6) is -0.0107. The number of nitrogens with zero attached hydrogens (tertiary/aromatic N) is 3. The zero-order valence-corrected chi connectivity index (χ0v) is 17.7. The summed E-state index contributed by atoms with van der Waals surface area (Å²) in [6, 6.07) is 3.34. The molecule has 3 N–H and O–H groups in total. The molecule has 32 heavy (non-hydrogen) atoms. The molecule has 0 unspecified atom stereocenters. The van der Waals surface area contributed by atoms with Crippen molar-refractivity contribution in [2.45, 2.75) is 50.5 Å². The van der Waals surface area contributed by atoms with Gasteiger partial charge >= 0.3 is 12.3 Å². The lowest BCUT2D eigenvalue weighted by molar-refractivity contribution is -0.133. The number of nitrogens with one attached hydrogen (secondary N) is 3. The van der Waals surface area contributed by atoms with E-state index in [0.717, 1.165) is 5.69 Å². The Morgan fingerprint density at radius 3 is 2.81 bits per heavy atom. The number of aryl methyl sites for hydroxylation is 1. The topological polar surface area (TPSA) is 123 Å². The number of halogens is 3. The normalized spacial score (nSPS) is 18.5. The van der Waals surface area contributed by atoms with Gasteiger partial charge in [0.05, 0.1) is 18.7 Å². The molecule has 1 aliphatic carbocycles. The molecule has 1 saturated carbocycles. The lowest BCUT2D eigenvalue weighted by Gasteiger charge is -2.13. The van der Waals surface area contributed by atoms with E-state index in [1.54, 1.807) is 26.3 Å². The number of anilines is 1. The fourth-order valence-corrected chi connectivity index (χ4v) is 3.58. The van der Waals surface area contributed by atoms with Gasteiger partial charge in [0.25, 0.3) is 5.91 Å². The number of ether oxygens (including phenoxy) is 2. The van der Waals surface area contributed by atoms with Crippen LogP contribution in [-0.2, 0) is 23.1 Å². The maximum atomic E-state index is 12.5. The zero-order valence-electron chi connectivity index (χ0n) is 17.7. The van der Waals surface area contributed by atoms with E-state index in [4.69, 9.17) is 9.47 Å². The quantitative estimate of drug-likeness (QED) is 0.559. The number of aromatic amines is 1. The Kier molecular flexibility index (Phi) is 7.38. The Bertz CT molecular complexity index is 942. The van der Waals surface area contributed by atoms with Gasteiger partial charge in [0.2, 0.25) is 0 Å². The van der Waals surface area contributed by atoms with E-state index in [0.29, 0.717) is 43.1 Å². The van der Waals surface area contributed by atoms with Crippen molar-refractivity contribution in [3.63, 3.8) is 0 Å². The number of alkyl carbamates (subject to hydrolysis) is 1. The average molecular weight is 458 g/mol. The molecule has 0 bridgehead atoms. The van der Waals surface area contributed by atoms with Crippen molar-refractivity contribution in [2.24, 2.45) is 7.05 Å². The van der Waals surface area contributed by atoms with Crippen LogP contribution in [0.4, 0.5) is 23.8 Å². The highest BCUT2D eigenvalue weighted by atomic mass is 19.4. The van der Waals surface area contributed by atoms with Crippen LogP contribution < -0.4 is 10.6 Å². The lowest BCUT2D eigenvalue weighted by Crippen LogP contribution is -2.31. The first-order chi connectivity index (χ1) is 15.1. The van der Waals surface area contributed by atoms with Gasteiger partial charge in [-0.05, 0) is 25.3 Å². The summed E-state index contributed by atoms with van der Waals surface area (Å²) in [7, 11) is 3.20. The molecule has 1 fully saturated rings. The molecule has 2 aromatic heterocycles. The van der Waals surface area contributed by atoms with Crippen molar-refractivity contribution in [2.75, 3.05) is 19.0 Å². The second-order valence-corrected chi connectivity index (χ2v) is 7.57. The summed E-state index contributed by atoms with van der Waals surface area (Å²) in [5, 5.41) is 16.0. The van der Waals surface area contributed by atoms with Gasteiger partial charge < -0.3 is 20.1 Å². The molecule has 13 heteroatoms. The summed E-state index contributed by atoms with van der Waals surface area (Å²) in [4.78, 5) is 24.2. The number of hydrogen-bond donors (Lipinski definition) is 3. The van der Waals surface area contributed by atoms with Crippen LogP contribution in [0.3, 0.4) is 0 Å². The van der Waals surface area contributed by atoms with Gasteiger partial charge in [-0.25, -0.2) is 4.79 Å². The van der Waals surface area contributed by atoms with Crippen LogP contribution in [0.15, 0.2) is 12.1 Å². The molecular weight excluding hydrogens is 433 g/mol. The Labute approximate surface area is 181 Å². The van der Waals surface area contributed by atoms with Crippen molar-refractivity contribution >= 4 is 17.8 Å². The Morgan fingerprint density at radius 1 is 1.31 bits per heavy atom. The van der Waals surface area contributed by atoms with Crippen molar-refractivity contribution in [3.8, 4) is 0 Å². The number of aromatic nitrogens is 4. The van der Waals surface area contributed by atoms with Crippen LogP contribution in [-0.4, -0.2) is 57.9 Å². The molecule has 2 atom stereocenters. The van der Waals surface area contributed by atoms with Gasteiger partial charge in [0, 0.05) is 38.4 Å². The third-order valence-corrected chi connectivity index (χ3v) is 5.07. The van der Waals surface area contributed by atoms with E-state index in [9.17, 15) is 22.8 Å². The summed E-state index contributed by atoms with van der Waals surface area (Å²) in [5.41, 5.74) is 1.75. The number of amides is 2. The largest absolute Gasteiger partial charge is 0.446 e. The second kappa shape index (κ2) is 10.0. The summed E-state index contributed by atoms with van der Waals surface area (Å²) in [6.07, 6.45) is -4.91. The first-order valence-corrected chi connectivity index (χ1v) is 10.0. The monoisotopic (exact) mass is 458 g/mol. The molecule has 0 spiro atoms. The number of carbonyl (C=O) groups excluding carboxylic acids is 2. The van der Waals surface area contributed by atoms with E-state index in [1.165, 1.54) is 4.68 Å². The number of rotatable bonds is 8. The average Bonchev–Trinajstić information content (AvgIpc) is 3.41. The van der Waals surface area contributed by atoms with Gasteiger partial charge in [0.15, 0.2) is 5.82 Å². The van der Waals surface area contributed by atoms with Crippen LogP contribution in [0.25, 0.3) is 0 Å². The van der Waals surface area contributed by atoms with Crippen molar-refractivity contribution in [1.82, 2.24) is 25.3 Å². The van der Waals surface area contributed by atoms with Crippen LogP contribution in [0.5, 0.6) is 0 Å². The molecule has 1 aliphatic rings. The van der Waals surface area contributed by atoms with Crippen LogP contribution in [0.2, 0.25) is 0 Å². The minimum atomic E-state index is -4.33. The first kappa shape index (κ1) is 23.6. The van der Waals surface area contributed by atoms with E-state index in [1.807, 2.05) is 0 Å². The van der Waals surface area contributed by atoms with Gasteiger partial charge in [-0.15, -0.1) is 0 Å². The van der Waals surface area contributed by atoms with Crippen LogP contribution in [0.1, 0.15) is 53.5 Å². The molecule has 0 aliphatic heterocycles. The molecule has 2 aromatic rings. The summed E-state index contributed by atoms with van der Waals surface area (Å²) < 4.78 is 48.1. The Balaban J connectivity index is 1.48. The fourth-order valence-electron chi connectivity index (χ4n) is 3.58. The van der Waals surface area contributed by atoms with Crippen LogP contribution >= 0.6 is 0 Å². The molecule has 10 nitrogen and oxygen atoms in total. The number of alkyl halides is 3. The number of H-pyrrole nitrogens is 1. The number of hydrogen-bond acceptors (Lipinski definition) is 6. The maximum absolute atomic E-state index is 12.5. The third kappa shape index (κ3) is 6.45. The number of methoxy groups -OCH3 is 1. The summed E-state index contributed by atoms with van der Waals surface area (Å²) >= 11 is 0. The smallest absolute Gasteiger partial charge is 0.407 e. The first-order valence-electron chi connectivity index (χ1n) is 10.0. The standard InChI is InChI=1S/C19H25F3N6O4/c1-28-15(8-12(27-28)10-31-2)17(29)24-16-9-14(25-26-16)11-3-4-13(7-11)32-18(30)23-6-5-19(20,21)22/h8-9,11,13H,3-7,10H2,1-2H3,(H,23,30)(H2,24,25,26,29)/t11-,13+/m0/s1. The maximum Gasteiger partial charge on any atom is 0.407 e. The van der Waals surface area contributed by atoms with Crippen molar-refractivity contribution < 1.29 is 32.2 Å². The minimum Gasteiger partial charge on any atom is -0.446 e. The van der Waals surface area contributed by atoms with E-state index in [-0.39, 0.29) is 11.8 Å². The Hall–Kier alpha value is -3.09. The molecule has 0 saturated heterocycles. The molecular formula is C19H25F3N6O4. The van der Waals surface area contributed by atoms with E-state index >= 15 is 0 Å². The summed E-state index contributed by atoms with van der Waals surface area (Å²) in [6.45, 7) is -0.231. The zero-order chi connectivity index (χ0) is 23.3. The van der Waals surface area contributed by atoms with Gasteiger partial charge in [-0.3, -0.25) is 14.6 Å². The van der Waals surface area contributed by atoms with Crippen molar-refractivity contribution in [3.05, 3.63) is 29.2 Å². The van der Waals surface area contributed by atoms with Crippen LogP contribution in [0, 0.1) is 0 Å². The van der Waals surface area contributed by atoms with Gasteiger partial charge in [0.1, 0.15) is 11.8 Å². The highest BCUT2D eigenvalue weighted by molar-refractivity contribution is 6.02. The molecule has 2 heterocycles. The van der Waals surface area contributed by atoms with E-state index < -0.39 is 31.3 Å². The van der Waals surface area contributed by atoms with E-state index in [2.05, 4.69) is 25.9 Å². The van der Waals surface area contributed by atoms with Crippen molar-refractivity contribution in [1.29, 1.82) is 0 Å². The SMILES string of the molecule is COCc1cc(C(=O)Nc2cc([C@H]3CC[C@@H](OC(=O)NCCC(F)(F)F)C3)[nH]n2)n(C)n1. The predicted octanol–water partition coefficient (Wildman–Crippen LogP) is 2.86. The predicted molar refractivity (Wildman–Crippen MR) is 106 cm³/mol. The van der Waals surface area contributed by atoms with Gasteiger partial charge in [-0.2, -0.15) is 23.4 Å². The molecule has 3 rings (SSSR count). The number of carbonyl (C=O) groups is 2. The molecule has 2 amide bonds. The molecule has 0 aromatic carbocycles. The lowest BCUT2D eigenvalue weighted by atomic mass is 10.0. The molecule has 176 valence electrons. The highest BCUT2D eigenvalue weighted by Crippen LogP contribution is 2.35. The third-order valence-electron chi connectivity index (χ3n) is 5.07. The Morgan fingerprint density at radius 2 is 2.09 bits per heavy atom. The second-order valence-electron chi connectivity index (χ2n) is 7.57. The van der Waals surface area contributed by atoms with Gasteiger partial charge in [-0.1, -0.05) is 0 Å².